The first-order valence-corrected chi connectivity index (χ1v) is 7.54. The fraction of sp³-hybridized carbons (Fsp3) is 0.400. The lowest BCUT2D eigenvalue weighted by Crippen LogP contribution is -2.19. The predicted molar refractivity (Wildman–Crippen MR) is 79.4 cm³/mol. The van der Waals surface area contributed by atoms with Gasteiger partial charge in [0.2, 0.25) is 11.7 Å². The zero-order valence-electron chi connectivity index (χ0n) is 12.6. The van der Waals surface area contributed by atoms with Crippen LogP contribution in [-0.4, -0.2) is 23.2 Å². The van der Waals surface area contributed by atoms with Crippen LogP contribution < -0.4 is 4.74 Å². The van der Waals surface area contributed by atoms with Crippen LogP contribution in [0.3, 0.4) is 0 Å². The summed E-state index contributed by atoms with van der Waals surface area (Å²) in [5, 5.41) is 12.8. The van der Waals surface area contributed by atoms with Gasteiger partial charge in [0, 0.05) is 17.4 Å². The number of rotatable bonds is 3. The van der Waals surface area contributed by atoms with Crippen LogP contribution in [-0.2, 0) is 0 Å². The molecule has 0 spiro atoms. The zero-order valence-corrected chi connectivity index (χ0v) is 12.6. The zero-order chi connectivity index (χ0) is 17.2. The smallest absolute Gasteiger partial charge is 0.406 e. The topological polar surface area (TPSA) is 71.9 Å². The molecule has 5 nitrogen and oxygen atoms in total. The molecule has 0 saturated carbocycles. The summed E-state index contributed by atoms with van der Waals surface area (Å²) >= 11 is 0. The van der Waals surface area contributed by atoms with E-state index in [1.807, 2.05) is 0 Å². The number of hydrogen-bond donors (Lipinski definition) is 0. The van der Waals surface area contributed by atoms with Crippen molar-refractivity contribution in [3.63, 3.8) is 0 Å². The van der Waals surface area contributed by atoms with Gasteiger partial charge in [-0.15, -0.1) is 13.2 Å². The number of aromatic nitrogens is 2. The van der Waals surface area contributed by atoms with Gasteiger partial charge in [0.1, 0.15) is 5.75 Å². The van der Waals surface area contributed by atoms with Gasteiger partial charge in [-0.2, -0.15) is 4.98 Å². The van der Waals surface area contributed by atoms with E-state index < -0.39 is 6.36 Å². The monoisotopic (exact) mass is 335 g/mol. The van der Waals surface area contributed by atoms with Crippen LogP contribution >= 0.6 is 0 Å². The van der Waals surface area contributed by atoms with E-state index in [9.17, 15) is 13.2 Å². The molecular formula is C15H13BF3N3O2. The Morgan fingerprint density at radius 3 is 2.46 bits per heavy atom. The number of nitrogens with zero attached hydrogens (tertiary/aromatic N) is 3. The third-order valence-corrected chi connectivity index (χ3v) is 4.05. The normalized spacial score (nSPS) is 16.0. The molecule has 2 heterocycles. The quantitative estimate of drug-likeness (QED) is 0.791. The molecular weight excluding hydrogens is 322 g/mol. The van der Waals surface area contributed by atoms with E-state index in [-0.39, 0.29) is 18.4 Å². The van der Waals surface area contributed by atoms with Crippen LogP contribution in [0.15, 0.2) is 28.8 Å². The van der Waals surface area contributed by atoms with E-state index in [2.05, 4.69) is 20.8 Å². The van der Waals surface area contributed by atoms with Crippen molar-refractivity contribution in [1.29, 1.82) is 5.26 Å². The summed E-state index contributed by atoms with van der Waals surface area (Å²) in [6, 6.07) is 5.30. The molecule has 0 aliphatic carbocycles. The Hall–Kier alpha value is -2.50. The Labute approximate surface area is 136 Å². The van der Waals surface area contributed by atoms with Gasteiger partial charge in [0.15, 0.2) is 0 Å². The molecule has 24 heavy (non-hydrogen) atoms. The summed E-state index contributed by atoms with van der Waals surface area (Å²) in [5.74, 6) is 2.93. The molecule has 2 aromatic rings. The molecule has 1 aliphatic rings. The van der Waals surface area contributed by atoms with Crippen molar-refractivity contribution < 1.29 is 22.4 Å². The van der Waals surface area contributed by atoms with Gasteiger partial charge < -0.3 is 9.26 Å². The molecule has 0 N–H and O–H groups in total. The van der Waals surface area contributed by atoms with Crippen molar-refractivity contribution >= 4 is 6.71 Å². The highest BCUT2D eigenvalue weighted by molar-refractivity contribution is 6.67. The lowest BCUT2D eigenvalue weighted by Gasteiger charge is -2.19. The minimum Gasteiger partial charge on any atom is -0.406 e. The molecule has 1 aliphatic heterocycles. The Kier molecular flexibility index (Phi) is 4.47. The first-order valence-electron chi connectivity index (χ1n) is 7.54. The van der Waals surface area contributed by atoms with Crippen molar-refractivity contribution in [1.82, 2.24) is 10.1 Å². The highest BCUT2D eigenvalue weighted by Gasteiger charge is 2.31. The largest absolute Gasteiger partial charge is 0.573 e. The van der Waals surface area contributed by atoms with Crippen LogP contribution in [0.1, 0.15) is 24.7 Å². The third kappa shape index (κ3) is 3.88. The van der Waals surface area contributed by atoms with Crippen molar-refractivity contribution in [2.24, 2.45) is 0 Å². The SMILES string of the molecule is N#CB1CCC(c2nc(-c3ccc(OC(F)(F)F)cc3)no2)CC1. The summed E-state index contributed by atoms with van der Waals surface area (Å²) < 4.78 is 45.5. The molecule has 9 heteroatoms. The van der Waals surface area contributed by atoms with Gasteiger partial charge in [-0.1, -0.05) is 17.8 Å². The maximum atomic E-state index is 12.1. The molecule has 0 unspecified atom stereocenters. The fourth-order valence-corrected chi connectivity index (χ4v) is 2.79. The van der Waals surface area contributed by atoms with Crippen LogP contribution in [0.2, 0.25) is 12.6 Å². The van der Waals surface area contributed by atoms with Gasteiger partial charge >= 0.3 is 6.36 Å². The molecule has 0 radical (unpaired) electrons. The number of alkyl halides is 3. The Morgan fingerprint density at radius 1 is 1.21 bits per heavy atom. The van der Waals surface area contributed by atoms with E-state index in [0.29, 0.717) is 17.3 Å². The lowest BCUT2D eigenvalue weighted by molar-refractivity contribution is -0.274. The van der Waals surface area contributed by atoms with Crippen molar-refractivity contribution in [3.8, 4) is 23.1 Å². The van der Waals surface area contributed by atoms with Gasteiger partial charge in [-0.25, -0.2) is 5.26 Å². The van der Waals surface area contributed by atoms with Crippen LogP contribution in [0.5, 0.6) is 5.75 Å². The molecule has 1 aromatic carbocycles. The molecule has 1 saturated heterocycles. The number of nitriles is 1. The molecule has 1 aromatic heterocycles. The number of hydrogen-bond acceptors (Lipinski definition) is 5. The number of ether oxygens (including phenoxy) is 1. The van der Waals surface area contributed by atoms with Crippen molar-refractivity contribution in [2.75, 3.05) is 0 Å². The van der Waals surface area contributed by atoms with Crippen LogP contribution in [0.25, 0.3) is 11.4 Å². The highest BCUT2D eigenvalue weighted by atomic mass is 19.4. The van der Waals surface area contributed by atoms with E-state index in [4.69, 9.17) is 9.78 Å². The summed E-state index contributed by atoms with van der Waals surface area (Å²) in [7, 11) is 0. The molecule has 1 fully saturated rings. The van der Waals surface area contributed by atoms with Gasteiger partial charge in [0.05, 0.1) is 0 Å². The summed E-state index contributed by atoms with van der Waals surface area (Å²) in [4.78, 5) is 4.34. The second kappa shape index (κ2) is 6.55. The molecule has 0 amide bonds. The van der Waals surface area contributed by atoms with Gasteiger partial charge in [-0.3, -0.25) is 0 Å². The van der Waals surface area contributed by atoms with Crippen LogP contribution in [0.4, 0.5) is 13.2 Å². The minimum atomic E-state index is -4.72. The molecule has 0 bridgehead atoms. The highest BCUT2D eigenvalue weighted by Crippen LogP contribution is 2.33. The average molecular weight is 335 g/mol. The Bertz CT molecular complexity index is 732. The van der Waals surface area contributed by atoms with E-state index in [1.165, 1.54) is 24.3 Å². The van der Waals surface area contributed by atoms with Crippen molar-refractivity contribution in [2.45, 2.75) is 37.8 Å². The first kappa shape index (κ1) is 16.4. The molecule has 124 valence electrons. The fourth-order valence-electron chi connectivity index (χ4n) is 2.79. The maximum absolute atomic E-state index is 12.1. The second-order valence-corrected chi connectivity index (χ2v) is 5.71. The van der Waals surface area contributed by atoms with Gasteiger partial charge in [0.25, 0.3) is 6.71 Å². The standard InChI is InChI=1S/C15H13BF3N3O2/c17-15(18,19)23-12-3-1-10(2-4-12)13-21-14(24-22-13)11-5-7-16(9-20)8-6-11/h1-4,11H,5-8H2. The summed E-state index contributed by atoms with van der Waals surface area (Å²) in [6.45, 7) is 0.0878. The lowest BCUT2D eigenvalue weighted by atomic mass is 9.42. The van der Waals surface area contributed by atoms with E-state index in [0.717, 1.165) is 25.5 Å². The van der Waals surface area contributed by atoms with E-state index >= 15 is 0 Å². The molecule has 0 atom stereocenters. The minimum absolute atomic E-state index is 0.0878. The Balaban J connectivity index is 1.68. The Morgan fingerprint density at radius 2 is 1.88 bits per heavy atom. The first-order chi connectivity index (χ1) is 11.4. The molecule has 3 rings (SSSR count). The van der Waals surface area contributed by atoms with Gasteiger partial charge in [-0.05, 0) is 37.1 Å². The van der Waals surface area contributed by atoms with Crippen LogP contribution in [0, 0.1) is 11.2 Å². The third-order valence-electron chi connectivity index (χ3n) is 4.05. The summed E-state index contributed by atoms with van der Waals surface area (Å²) in [6.07, 6.45) is -1.47. The van der Waals surface area contributed by atoms with Crippen molar-refractivity contribution in [3.05, 3.63) is 30.2 Å². The predicted octanol–water partition coefficient (Wildman–Crippen LogP) is 4.07. The second-order valence-electron chi connectivity index (χ2n) is 5.71. The average Bonchev–Trinajstić information content (AvgIpc) is 3.04. The summed E-state index contributed by atoms with van der Waals surface area (Å²) in [5.41, 5.74) is 0.547. The number of benzene rings is 1. The number of halogens is 3. The van der Waals surface area contributed by atoms with E-state index in [1.54, 1.807) is 0 Å². The maximum Gasteiger partial charge on any atom is 0.573 e.